The average molecular weight is 410 g/mol. The summed E-state index contributed by atoms with van der Waals surface area (Å²) in [7, 11) is 0. The van der Waals surface area contributed by atoms with E-state index in [0.717, 1.165) is 16.3 Å². The van der Waals surface area contributed by atoms with Crippen LogP contribution >= 0.6 is 0 Å². The number of primary amides is 1. The molecule has 0 fully saturated rings. The molecule has 3 rings (SSSR count). The van der Waals surface area contributed by atoms with E-state index in [1.807, 2.05) is 13.0 Å². The van der Waals surface area contributed by atoms with Crippen molar-refractivity contribution in [2.24, 2.45) is 5.73 Å². The highest BCUT2D eigenvalue weighted by Crippen LogP contribution is 2.28. The molecule has 3 aromatic rings. The number of nitrogens with zero attached hydrogens (tertiary/aromatic N) is 2. The Balaban J connectivity index is 2.06. The molecule has 10 heteroatoms. The van der Waals surface area contributed by atoms with Crippen molar-refractivity contribution < 1.29 is 23.9 Å². The number of rotatable bonds is 5. The number of nitrogens with one attached hydrogen (secondary N) is 1. The first-order valence-electron chi connectivity index (χ1n) is 8.76. The topological polar surface area (TPSA) is 158 Å². The summed E-state index contributed by atoms with van der Waals surface area (Å²) in [6, 6.07) is 7.65. The second-order valence-corrected chi connectivity index (χ2v) is 6.58. The summed E-state index contributed by atoms with van der Waals surface area (Å²) in [6.07, 6.45) is 0. The number of hydrogen-bond donors (Lipinski definition) is 3. The zero-order chi connectivity index (χ0) is 22.2. The van der Waals surface area contributed by atoms with E-state index in [4.69, 9.17) is 10.2 Å². The van der Waals surface area contributed by atoms with Crippen molar-refractivity contribution in [1.29, 1.82) is 0 Å². The molecule has 0 saturated carbocycles. The first-order chi connectivity index (χ1) is 14.1. The molecule has 0 aliphatic heterocycles. The van der Waals surface area contributed by atoms with E-state index < -0.39 is 34.6 Å². The van der Waals surface area contributed by atoms with Gasteiger partial charge >= 0.3 is 0 Å². The van der Waals surface area contributed by atoms with E-state index in [9.17, 15) is 24.3 Å². The lowest BCUT2D eigenvalue weighted by Crippen LogP contribution is -2.26. The molecule has 154 valence electrons. The van der Waals surface area contributed by atoms with Crippen LogP contribution in [0.3, 0.4) is 0 Å². The summed E-state index contributed by atoms with van der Waals surface area (Å²) < 4.78 is 6.27. The lowest BCUT2D eigenvalue weighted by atomic mass is 10.1. The number of aryl methyl sites for hydroxylation is 2. The number of hydrogen-bond acceptors (Lipinski definition) is 7. The summed E-state index contributed by atoms with van der Waals surface area (Å²) in [5.74, 6) is -3.36. The van der Waals surface area contributed by atoms with Gasteiger partial charge in [-0.15, -0.1) is 0 Å². The van der Waals surface area contributed by atoms with E-state index in [1.54, 1.807) is 18.2 Å². The molecule has 0 aliphatic carbocycles. The number of Topliss-reactive ketones (excluding diaryl/α,β-unsaturated/α-hetero) is 1. The Hall–Kier alpha value is -4.21. The van der Waals surface area contributed by atoms with Crippen molar-refractivity contribution >= 4 is 23.5 Å². The highest BCUT2D eigenvalue weighted by molar-refractivity contribution is 6.13. The van der Waals surface area contributed by atoms with Gasteiger partial charge in [-0.1, -0.05) is 12.1 Å². The van der Waals surface area contributed by atoms with Gasteiger partial charge in [0.2, 0.25) is 5.88 Å². The number of anilines is 1. The number of furan rings is 1. The Morgan fingerprint density at radius 1 is 1.17 bits per heavy atom. The Labute approximate surface area is 169 Å². The fraction of sp³-hybridized carbons (Fsp3) is 0.150. The second kappa shape index (κ2) is 7.66. The number of nitrogens with two attached hydrogens (primary N) is 1. The molecule has 0 radical (unpaired) electrons. The van der Waals surface area contributed by atoms with Gasteiger partial charge in [-0.25, -0.2) is 0 Å². The van der Waals surface area contributed by atoms with Crippen LogP contribution in [0.25, 0.3) is 5.69 Å². The SMILES string of the molecule is CC(=O)c1c(C)oc(NC(=O)c2nn(-c3cccc(C)c3)c(=O)cc2O)c1C(N)=O. The van der Waals surface area contributed by atoms with E-state index in [1.165, 1.54) is 13.8 Å². The minimum Gasteiger partial charge on any atom is -0.505 e. The van der Waals surface area contributed by atoms with Crippen molar-refractivity contribution in [1.82, 2.24) is 9.78 Å². The summed E-state index contributed by atoms with van der Waals surface area (Å²) in [6.45, 7) is 4.48. The molecular weight excluding hydrogens is 392 g/mol. The standard InChI is InChI=1S/C20H18N4O6/c1-9-5-4-6-12(7-9)24-14(27)8-13(26)17(23-24)19(29)22-20-16(18(21)28)15(10(2)25)11(3)30-20/h4-8,26H,1-3H3,(H2,21,28)(H,22,29). The van der Waals surface area contributed by atoms with Gasteiger partial charge in [0.1, 0.15) is 11.3 Å². The van der Waals surface area contributed by atoms with Gasteiger partial charge < -0.3 is 15.3 Å². The molecule has 30 heavy (non-hydrogen) atoms. The molecule has 2 aromatic heterocycles. The van der Waals surface area contributed by atoms with Gasteiger partial charge in [0.25, 0.3) is 17.4 Å². The first-order valence-corrected chi connectivity index (χ1v) is 8.76. The molecule has 0 aliphatic rings. The third-order valence-electron chi connectivity index (χ3n) is 4.28. The molecule has 2 amide bonds. The molecule has 1 aromatic carbocycles. The molecule has 4 N–H and O–H groups in total. The van der Waals surface area contributed by atoms with Crippen molar-refractivity contribution in [2.45, 2.75) is 20.8 Å². The molecule has 0 unspecified atom stereocenters. The average Bonchev–Trinajstić information content (AvgIpc) is 2.97. The molecule has 10 nitrogen and oxygen atoms in total. The van der Waals surface area contributed by atoms with Crippen LogP contribution in [0.4, 0.5) is 5.88 Å². The van der Waals surface area contributed by atoms with Gasteiger partial charge in [0.15, 0.2) is 17.2 Å². The van der Waals surface area contributed by atoms with Crippen molar-refractivity contribution in [3.63, 3.8) is 0 Å². The van der Waals surface area contributed by atoms with Crippen molar-refractivity contribution in [2.75, 3.05) is 5.32 Å². The molecule has 0 spiro atoms. The quantitative estimate of drug-likeness (QED) is 0.540. The van der Waals surface area contributed by atoms with Crippen LogP contribution in [0.1, 0.15) is 49.5 Å². The molecule has 2 heterocycles. The highest BCUT2D eigenvalue weighted by Gasteiger charge is 2.27. The maximum absolute atomic E-state index is 12.7. The van der Waals surface area contributed by atoms with Gasteiger partial charge in [-0.3, -0.25) is 24.5 Å². The van der Waals surface area contributed by atoms with Crippen LogP contribution in [0.5, 0.6) is 5.75 Å². The van der Waals surface area contributed by atoms with Crippen molar-refractivity contribution in [3.8, 4) is 11.4 Å². The zero-order valence-corrected chi connectivity index (χ0v) is 16.3. The largest absolute Gasteiger partial charge is 0.505 e. The highest BCUT2D eigenvalue weighted by atomic mass is 16.4. The van der Waals surface area contributed by atoms with Crippen LogP contribution in [0, 0.1) is 13.8 Å². The molecular formula is C20H18N4O6. The first kappa shape index (κ1) is 20.5. The van der Waals surface area contributed by atoms with Crippen LogP contribution in [-0.2, 0) is 0 Å². The second-order valence-electron chi connectivity index (χ2n) is 6.58. The number of aromatic nitrogens is 2. The Morgan fingerprint density at radius 2 is 1.87 bits per heavy atom. The van der Waals surface area contributed by atoms with E-state index in [-0.39, 0.29) is 22.8 Å². The smallest absolute Gasteiger partial charge is 0.282 e. The monoisotopic (exact) mass is 410 g/mol. The fourth-order valence-electron chi connectivity index (χ4n) is 3.01. The van der Waals surface area contributed by atoms with Crippen molar-refractivity contribution in [3.05, 3.63) is 68.8 Å². The minimum absolute atomic E-state index is 0.0558. The number of carbonyl (C=O) groups excluding carboxylic acids is 3. The van der Waals surface area contributed by atoms with Gasteiger partial charge in [0.05, 0.1) is 11.3 Å². The number of amides is 2. The number of aromatic hydroxyl groups is 1. The fourth-order valence-corrected chi connectivity index (χ4v) is 3.01. The summed E-state index contributed by atoms with van der Waals surface area (Å²) in [5.41, 5.74) is 5.08. The van der Waals surface area contributed by atoms with Gasteiger partial charge in [-0.05, 0) is 38.5 Å². The van der Waals surface area contributed by atoms with E-state index in [2.05, 4.69) is 10.4 Å². The van der Waals surface area contributed by atoms with Crippen LogP contribution in [0.15, 0.2) is 39.5 Å². The normalized spacial score (nSPS) is 10.6. The third kappa shape index (κ3) is 3.70. The lowest BCUT2D eigenvalue weighted by molar-refractivity contribution is 0.0973. The van der Waals surface area contributed by atoms with Gasteiger partial charge in [0, 0.05) is 6.07 Å². The maximum Gasteiger partial charge on any atom is 0.282 e. The Kier molecular flexibility index (Phi) is 5.24. The molecule has 0 atom stereocenters. The zero-order valence-electron chi connectivity index (χ0n) is 16.3. The number of benzene rings is 1. The number of ketones is 1. The van der Waals surface area contributed by atoms with Crippen LogP contribution in [-0.4, -0.2) is 32.5 Å². The number of carbonyl (C=O) groups is 3. The predicted octanol–water partition coefficient (Wildman–Crippen LogP) is 1.70. The Morgan fingerprint density at radius 3 is 2.47 bits per heavy atom. The summed E-state index contributed by atoms with van der Waals surface area (Å²) >= 11 is 0. The summed E-state index contributed by atoms with van der Waals surface area (Å²) in [5, 5.41) is 16.3. The van der Waals surface area contributed by atoms with Gasteiger partial charge in [-0.2, -0.15) is 9.78 Å². The van der Waals surface area contributed by atoms with E-state index >= 15 is 0 Å². The third-order valence-corrected chi connectivity index (χ3v) is 4.28. The summed E-state index contributed by atoms with van der Waals surface area (Å²) in [4.78, 5) is 48.6. The Bertz CT molecular complexity index is 1250. The van der Waals surface area contributed by atoms with Crippen LogP contribution in [0.2, 0.25) is 0 Å². The van der Waals surface area contributed by atoms with Crippen LogP contribution < -0.4 is 16.6 Å². The maximum atomic E-state index is 12.7. The minimum atomic E-state index is -0.978. The molecule has 0 bridgehead atoms. The lowest BCUT2D eigenvalue weighted by Gasteiger charge is -2.09. The van der Waals surface area contributed by atoms with E-state index in [0.29, 0.717) is 5.69 Å². The predicted molar refractivity (Wildman–Crippen MR) is 106 cm³/mol. The molecule has 0 saturated heterocycles.